The molecule has 0 saturated heterocycles. The van der Waals surface area contributed by atoms with Crippen LogP contribution in [-0.2, 0) is 17.8 Å². The standard InChI is InChI=1S/C24H27N3O6/c1-4-27-12-17(22(28)16-10-19-20(11-18(16)27)33-13-32-19)23(29)26-21(14(2)3)24(30)25-8-7-15-6-5-9-31-15/h5-6,9-12,14,21H,4,7-8,13H2,1-3H3,(H,25,30)(H,26,29)/t21-/m1/s1. The van der Waals surface area contributed by atoms with E-state index < -0.39 is 17.4 Å². The average Bonchev–Trinajstić information content (AvgIpc) is 3.48. The van der Waals surface area contributed by atoms with Crippen molar-refractivity contribution in [2.24, 2.45) is 5.92 Å². The summed E-state index contributed by atoms with van der Waals surface area (Å²) in [7, 11) is 0. The van der Waals surface area contributed by atoms with Crippen LogP contribution in [0.2, 0.25) is 0 Å². The zero-order chi connectivity index (χ0) is 23.5. The first-order valence-corrected chi connectivity index (χ1v) is 11.0. The Morgan fingerprint density at radius 2 is 1.94 bits per heavy atom. The lowest BCUT2D eigenvalue weighted by atomic mass is 10.0. The Balaban J connectivity index is 1.56. The van der Waals surface area contributed by atoms with E-state index in [0.29, 0.717) is 41.9 Å². The zero-order valence-electron chi connectivity index (χ0n) is 18.8. The second-order valence-electron chi connectivity index (χ2n) is 8.20. The molecule has 3 aromatic rings. The summed E-state index contributed by atoms with van der Waals surface area (Å²) in [5.41, 5.74) is 0.197. The molecular formula is C24H27N3O6. The van der Waals surface area contributed by atoms with E-state index >= 15 is 0 Å². The number of fused-ring (bicyclic) bond motifs is 2. The normalized spacial score (nSPS) is 13.3. The minimum atomic E-state index is -0.795. The van der Waals surface area contributed by atoms with Crippen LogP contribution in [0.25, 0.3) is 10.9 Å². The van der Waals surface area contributed by atoms with E-state index in [1.807, 2.05) is 26.8 Å². The Morgan fingerprint density at radius 3 is 2.61 bits per heavy atom. The van der Waals surface area contributed by atoms with Crippen LogP contribution in [0.3, 0.4) is 0 Å². The van der Waals surface area contributed by atoms with Crippen LogP contribution in [0.1, 0.15) is 36.9 Å². The van der Waals surface area contributed by atoms with E-state index in [0.717, 1.165) is 5.76 Å². The molecule has 0 bridgehead atoms. The predicted molar refractivity (Wildman–Crippen MR) is 122 cm³/mol. The molecular weight excluding hydrogens is 426 g/mol. The second kappa shape index (κ2) is 9.40. The number of amides is 2. The Morgan fingerprint density at radius 1 is 1.18 bits per heavy atom. The number of hydrogen-bond donors (Lipinski definition) is 2. The van der Waals surface area contributed by atoms with Crippen LogP contribution in [0.15, 0.2) is 45.9 Å². The summed E-state index contributed by atoms with van der Waals surface area (Å²) >= 11 is 0. The Hall–Kier alpha value is -3.75. The molecule has 33 heavy (non-hydrogen) atoms. The largest absolute Gasteiger partial charge is 0.469 e. The molecule has 174 valence electrons. The maximum atomic E-state index is 13.2. The van der Waals surface area contributed by atoms with Gasteiger partial charge < -0.3 is 29.1 Å². The molecule has 2 N–H and O–H groups in total. The molecule has 1 atom stereocenters. The van der Waals surface area contributed by atoms with E-state index in [1.54, 1.807) is 29.0 Å². The fourth-order valence-electron chi connectivity index (χ4n) is 3.83. The van der Waals surface area contributed by atoms with E-state index in [9.17, 15) is 14.4 Å². The second-order valence-corrected chi connectivity index (χ2v) is 8.20. The first kappa shape index (κ1) is 22.4. The average molecular weight is 453 g/mol. The van der Waals surface area contributed by atoms with Gasteiger partial charge in [-0.25, -0.2) is 0 Å². The number of furan rings is 1. The van der Waals surface area contributed by atoms with Crippen LogP contribution < -0.4 is 25.5 Å². The highest BCUT2D eigenvalue weighted by atomic mass is 16.7. The maximum Gasteiger partial charge on any atom is 0.257 e. The molecule has 0 spiro atoms. The molecule has 2 amide bonds. The maximum absolute atomic E-state index is 13.2. The fraction of sp³-hybridized carbons (Fsp3) is 0.375. The quantitative estimate of drug-likeness (QED) is 0.542. The number of pyridine rings is 1. The SMILES string of the molecule is CCn1cc(C(=O)N[C@@H](C(=O)NCCc2ccco2)C(C)C)c(=O)c2cc3c(cc21)OCO3. The topological polar surface area (TPSA) is 112 Å². The highest BCUT2D eigenvalue weighted by Gasteiger charge is 2.27. The van der Waals surface area contributed by atoms with Crippen LogP contribution in [0, 0.1) is 5.92 Å². The Kier molecular flexibility index (Phi) is 6.39. The summed E-state index contributed by atoms with van der Waals surface area (Å²) in [4.78, 5) is 39.1. The molecule has 9 heteroatoms. The molecule has 1 aliphatic heterocycles. The molecule has 4 rings (SSSR count). The third kappa shape index (κ3) is 4.57. The van der Waals surface area contributed by atoms with Crippen molar-refractivity contribution in [3.8, 4) is 11.5 Å². The van der Waals surface area contributed by atoms with Gasteiger partial charge in [0.25, 0.3) is 5.91 Å². The van der Waals surface area contributed by atoms with E-state index in [-0.39, 0.29) is 24.2 Å². The van der Waals surface area contributed by atoms with Crippen molar-refractivity contribution in [3.63, 3.8) is 0 Å². The summed E-state index contributed by atoms with van der Waals surface area (Å²) in [6.45, 7) is 6.59. The fourth-order valence-corrected chi connectivity index (χ4v) is 3.83. The van der Waals surface area contributed by atoms with Crippen molar-refractivity contribution >= 4 is 22.7 Å². The first-order chi connectivity index (χ1) is 15.9. The van der Waals surface area contributed by atoms with Crippen molar-refractivity contribution in [1.29, 1.82) is 0 Å². The lowest BCUT2D eigenvalue weighted by molar-refractivity contribution is -0.123. The molecule has 1 aromatic carbocycles. The molecule has 0 radical (unpaired) electrons. The monoisotopic (exact) mass is 453 g/mol. The summed E-state index contributed by atoms with van der Waals surface area (Å²) in [6.07, 6.45) is 3.64. The molecule has 0 fully saturated rings. The number of rotatable bonds is 8. The van der Waals surface area contributed by atoms with Crippen LogP contribution in [0.5, 0.6) is 11.5 Å². The summed E-state index contributed by atoms with van der Waals surface area (Å²) in [5, 5.41) is 5.93. The van der Waals surface area contributed by atoms with Gasteiger partial charge in [-0.3, -0.25) is 14.4 Å². The minimum absolute atomic E-state index is 0.0303. The Labute approximate surface area is 190 Å². The van der Waals surface area contributed by atoms with Crippen molar-refractivity contribution in [3.05, 3.63) is 58.3 Å². The van der Waals surface area contributed by atoms with Crippen LogP contribution in [0.4, 0.5) is 0 Å². The highest BCUT2D eigenvalue weighted by molar-refractivity contribution is 6.00. The third-order valence-corrected chi connectivity index (χ3v) is 5.65. The summed E-state index contributed by atoms with van der Waals surface area (Å²) in [5.74, 6) is 0.701. The van der Waals surface area contributed by atoms with Crippen LogP contribution in [-0.4, -0.2) is 35.8 Å². The lowest BCUT2D eigenvalue weighted by Crippen LogP contribution is -2.50. The van der Waals surface area contributed by atoms with Crippen LogP contribution >= 0.6 is 0 Å². The highest BCUT2D eigenvalue weighted by Crippen LogP contribution is 2.35. The van der Waals surface area contributed by atoms with Crippen molar-refractivity contribution in [1.82, 2.24) is 15.2 Å². The molecule has 9 nitrogen and oxygen atoms in total. The number of hydrogen-bond acceptors (Lipinski definition) is 6. The molecule has 1 aliphatic rings. The van der Waals surface area contributed by atoms with E-state index in [1.165, 1.54) is 6.20 Å². The smallest absolute Gasteiger partial charge is 0.257 e. The van der Waals surface area contributed by atoms with Gasteiger partial charge in [0.1, 0.15) is 17.4 Å². The van der Waals surface area contributed by atoms with Crippen molar-refractivity contribution < 1.29 is 23.5 Å². The van der Waals surface area contributed by atoms with E-state index in [2.05, 4.69) is 10.6 Å². The predicted octanol–water partition coefficient (Wildman–Crippen LogP) is 2.46. The van der Waals surface area contributed by atoms with Gasteiger partial charge >= 0.3 is 0 Å². The van der Waals surface area contributed by atoms with Gasteiger partial charge in [0, 0.05) is 31.8 Å². The number of carbonyl (C=O) groups excluding carboxylic acids is 2. The lowest BCUT2D eigenvalue weighted by Gasteiger charge is -2.22. The van der Waals surface area contributed by atoms with Gasteiger partial charge in [0.15, 0.2) is 11.5 Å². The number of aromatic nitrogens is 1. The van der Waals surface area contributed by atoms with Gasteiger partial charge in [-0.1, -0.05) is 13.8 Å². The number of aryl methyl sites for hydroxylation is 1. The van der Waals surface area contributed by atoms with Gasteiger partial charge in [-0.2, -0.15) is 0 Å². The van der Waals surface area contributed by atoms with E-state index in [4.69, 9.17) is 13.9 Å². The molecule has 0 unspecified atom stereocenters. The Bertz CT molecular complexity index is 1230. The molecule has 2 aromatic heterocycles. The minimum Gasteiger partial charge on any atom is -0.469 e. The number of nitrogens with one attached hydrogen (secondary N) is 2. The zero-order valence-corrected chi connectivity index (χ0v) is 18.8. The molecule has 3 heterocycles. The molecule has 0 aliphatic carbocycles. The van der Waals surface area contributed by atoms with Crippen molar-refractivity contribution in [2.75, 3.05) is 13.3 Å². The number of benzene rings is 1. The van der Waals surface area contributed by atoms with Crippen molar-refractivity contribution in [2.45, 2.75) is 39.8 Å². The van der Waals surface area contributed by atoms with Gasteiger partial charge in [0.2, 0.25) is 18.1 Å². The number of nitrogens with zero attached hydrogens (tertiary/aromatic N) is 1. The molecule has 0 saturated carbocycles. The number of ether oxygens (including phenoxy) is 2. The third-order valence-electron chi connectivity index (χ3n) is 5.65. The number of carbonyl (C=O) groups is 2. The van der Waals surface area contributed by atoms with Gasteiger partial charge in [0.05, 0.1) is 17.2 Å². The van der Waals surface area contributed by atoms with Gasteiger partial charge in [-0.05, 0) is 31.0 Å². The first-order valence-electron chi connectivity index (χ1n) is 11.0. The summed E-state index contributed by atoms with van der Waals surface area (Å²) < 4.78 is 17.9. The summed E-state index contributed by atoms with van der Waals surface area (Å²) in [6, 6.07) is 6.17. The van der Waals surface area contributed by atoms with Gasteiger partial charge in [-0.15, -0.1) is 0 Å².